The van der Waals surface area contributed by atoms with Crippen molar-refractivity contribution in [3.05, 3.63) is 36.1 Å². The second-order valence-corrected chi connectivity index (χ2v) is 19.4. The van der Waals surface area contributed by atoms with Crippen molar-refractivity contribution in [3.8, 4) is 0 Å². The summed E-state index contributed by atoms with van der Waals surface area (Å²) in [5.74, 6) is -3.05. The van der Waals surface area contributed by atoms with Crippen LogP contribution in [-0.2, 0) is 29.0 Å². The Kier molecular flexibility index (Phi) is 16.3. The maximum absolute atomic E-state index is 14.2. The van der Waals surface area contributed by atoms with Crippen LogP contribution in [0.25, 0.3) is 0 Å². The lowest BCUT2D eigenvalue weighted by Gasteiger charge is -2.51. The number of carbonyl (C=O) groups is 2. The lowest BCUT2D eigenvalue weighted by Crippen LogP contribution is -2.59. The van der Waals surface area contributed by atoms with Crippen LogP contribution >= 0.6 is 0 Å². The first kappa shape index (κ1) is 49.3. The number of nitrogens with zero attached hydrogens (tertiary/aromatic N) is 2. The number of aliphatic hydroxyl groups is 5. The number of benzene rings is 1. The Labute approximate surface area is 354 Å². The summed E-state index contributed by atoms with van der Waals surface area (Å²) in [6, 6.07) is 4.95. The number of aliphatic hydroxyl groups excluding tert-OH is 4. The maximum atomic E-state index is 14.2. The molecule has 17 nitrogen and oxygen atoms in total. The standard InChI is InChI=1S/C42H68N4O13S/c1-12-31-35(49)34(48)28(10)46(40(52)43-29-14-16-30(17-15-29)60(54,55)45-32-18-24(6)59-44-32)21-23(5)19-41(11,53)37(26(8)33(47)27(9)38(51)57-31)58-39-36(50)42(13-2,22(3)4)20-25(7)56-39/h14-18,22-23,25-28,31,33-37,39,47-50,53H,12-13,19-21H2,1-11H3,(H,43,52)(H,44,45)/t23?,25?,26?,27?,28?,31-,33+,34+,35?,36+,37?,39-,41?,42-/m0/s1. The fourth-order valence-corrected chi connectivity index (χ4v) is 9.98. The first-order valence-corrected chi connectivity index (χ1v) is 22.5. The molecule has 0 aliphatic carbocycles. The van der Waals surface area contributed by atoms with E-state index in [2.05, 4.69) is 15.2 Å². The number of hydrogen-bond donors (Lipinski definition) is 7. The highest BCUT2D eigenvalue weighted by molar-refractivity contribution is 7.92. The van der Waals surface area contributed by atoms with E-state index in [1.54, 1.807) is 27.7 Å². The Morgan fingerprint density at radius 2 is 1.65 bits per heavy atom. The fraction of sp³-hybridized carbons (Fsp3) is 0.738. The molecule has 14 atom stereocenters. The van der Waals surface area contributed by atoms with Crippen LogP contribution < -0.4 is 10.0 Å². The number of sulfonamides is 1. The summed E-state index contributed by atoms with van der Waals surface area (Å²) in [5, 5.41) is 65.3. The van der Waals surface area contributed by atoms with Crippen molar-refractivity contribution < 1.29 is 62.3 Å². The van der Waals surface area contributed by atoms with Crippen molar-refractivity contribution >= 4 is 33.5 Å². The average molecular weight is 869 g/mol. The van der Waals surface area contributed by atoms with Crippen LogP contribution in [0.1, 0.15) is 101 Å². The second kappa shape index (κ2) is 19.8. The smallest absolute Gasteiger partial charge is 0.322 e. The number of urea groups is 1. The molecule has 7 N–H and O–H groups in total. The number of anilines is 2. The van der Waals surface area contributed by atoms with E-state index in [0.29, 0.717) is 18.6 Å². The highest BCUT2D eigenvalue weighted by Gasteiger charge is 2.53. The Balaban J connectivity index is 1.69. The van der Waals surface area contributed by atoms with E-state index in [1.807, 2.05) is 27.7 Å². The molecule has 1 aromatic carbocycles. The van der Waals surface area contributed by atoms with Crippen LogP contribution in [0.4, 0.5) is 16.3 Å². The SMILES string of the molecule is CC[C@@H]1OC(=O)C(C)[C@H](O)C(C)C(O[C@@H]2OC(C)C[C@@](CC)(C(C)C)[C@@H]2O)C(C)(O)CC(C)CN(C(=O)Nc2ccc(S(=O)(=O)Nc3cc(C)on3)cc2)C(C)[C@@H](O)C1O. The Bertz CT molecular complexity index is 1840. The molecule has 2 aromatic rings. The number of carbonyl (C=O) groups excluding carboxylic acids is 2. The highest BCUT2D eigenvalue weighted by atomic mass is 32.2. The maximum Gasteiger partial charge on any atom is 0.322 e. The van der Waals surface area contributed by atoms with Gasteiger partial charge >= 0.3 is 12.0 Å². The third-order valence-corrected chi connectivity index (χ3v) is 14.1. The van der Waals surface area contributed by atoms with Gasteiger partial charge in [0.15, 0.2) is 12.1 Å². The normalized spacial score (nSPS) is 36.5. The first-order valence-electron chi connectivity index (χ1n) is 21.0. The van der Waals surface area contributed by atoms with Gasteiger partial charge in [-0.25, -0.2) is 13.2 Å². The second-order valence-electron chi connectivity index (χ2n) is 17.7. The fourth-order valence-electron chi connectivity index (χ4n) is 9.00. The predicted octanol–water partition coefficient (Wildman–Crippen LogP) is 4.41. The quantitative estimate of drug-likeness (QED) is 0.173. The Morgan fingerprint density at radius 3 is 2.20 bits per heavy atom. The van der Waals surface area contributed by atoms with Gasteiger partial charge in [0, 0.05) is 29.6 Å². The van der Waals surface area contributed by atoms with Crippen LogP contribution in [0.15, 0.2) is 39.8 Å². The van der Waals surface area contributed by atoms with Crippen LogP contribution in [0.2, 0.25) is 0 Å². The summed E-state index contributed by atoms with van der Waals surface area (Å²) >= 11 is 0. The molecular formula is C42H68N4O13S. The number of amides is 2. The van der Waals surface area contributed by atoms with Gasteiger partial charge in [0.25, 0.3) is 10.0 Å². The molecule has 2 amide bonds. The number of aromatic nitrogens is 1. The van der Waals surface area contributed by atoms with Gasteiger partial charge in [0.2, 0.25) is 0 Å². The zero-order valence-corrected chi connectivity index (χ0v) is 37.5. The lowest BCUT2D eigenvalue weighted by atomic mass is 9.65. The van der Waals surface area contributed by atoms with Crippen LogP contribution in [0.3, 0.4) is 0 Å². The Morgan fingerprint density at radius 1 is 1.02 bits per heavy atom. The molecule has 3 heterocycles. The minimum atomic E-state index is -4.05. The van der Waals surface area contributed by atoms with E-state index in [9.17, 15) is 43.5 Å². The van der Waals surface area contributed by atoms with Crippen molar-refractivity contribution in [2.45, 2.75) is 167 Å². The molecule has 340 valence electrons. The van der Waals surface area contributed by atoms with E-state index in [1.165, 1.54) is 56.0 Å². The number of hydrogen-bond acceptors (Lipinski definition) is 14. The van der Waals surface area contributed by atoms with E-state index in [4.69, 9.17) is 18.7 Å². The molecule has 2 fully saturated rings. The van der Waals surface area contributed by atoms with E-state index in [0.717, 1.165) is 0 Å². The molecule has 0 radical (unpaired) electrons. The van der Waals surface area contributed by atoms with Crippen molar-refractivity contribution in [3.63, 3.8) is 0 Å². The number of nitrogens with one attached hydrogen (secondary N) is 2. The van der Waals surface area contributed by atoms with Gasteiger partial charge in [-0.15, -0.1) is 0 Å². The summed E-state index contributed by atoms with van der Waals surface area (Å²) in [7, 11) is -4.05. The molecule has 8 unspecified atom stereocenters. The summed E-state index contributed by atoms with van der Waals surface area (Å²) in [6.45, 7) is 19.1. The molecule has 4 rings (SSSR count). The molecule has 0 saturated carbocycles. The predicted molar refractivity (Wildman–Crippen MR) is 222 cm³/mol. The monoisotopic (exact) mass is 868 g/mol. The van der Waals surface area contributed by atoms with E-state index < -0.39 is 99.7 Å². The average Bonchev–Trinajstić information content (AvgIpc) is 3.59. The lowest BCUT2D eigenvalue weighted by molar-refractivity contribution is -0.320. The van der Waals surface area contributed by atoms with Gasteiger partial charge in [-0.05, 0) is 96.4 Å². The third kappa shape index (κ3) is 11.0. The summed E-state index contributed by atoms with van der Waals surface area (Å²) in [5.41, 5.74) is -2.12. The van der Waals surface area contributed by atoms with Crippen molar-refractivity contribution in [1.29, 1.82) is 0 Å². The van der Waals surface area contributed by atoms with Crippen molar-refractivity contribution in [1.82, 2.24) is 10.1 Å². The first-order chi connectivity index (χ1) is 27.9. The zero-order chi connectivity index (χ0) is 45.1. The number of aryl methyl sites for hydroxylation is 1. The largest absolute Gasteiger partial charge is 0.459 e. The summed E-state index contributed by atoms with van der Waals surface area (Å²) < 4.78 is 51.7. The van der Waals surface area contributed by atoms with Gasteiger partial charge in [-0.2, -0.15) is 0 Å². The molecular weight excluding hydrogens is 801 g/mol. The van der Waals surface area contributed by atoms with Crippen LogP contribution in [0, 0.1) is 36.0 Å². The molecule has 2 aliphatic heterocycles. The van der Waals surface area contributed by atoms with Crippen molar-refractivity contribution in [2.75, 3.05) is 16.6 Å². The van der Waals surface area contributed by atoms with E-state index >= 15 is 0 Å². The van der Waals surface area contributed by atoms with Gasteiger partial charge in [-0.1, -0.05) is 46.7 Å². The van der Waals surface area contributed by atoms with Gasteiger partial charge in [0.05, 0.1) is 40.8 Å². The highest BCUT2D eigenvalue weighted by Crippen LogP contribution is 2.47. The number of cyclic esters (lactones) is 1. The molecule has 60 heavy (non-hydrogen) atoms. The van der Waals surface area contributed by atoms with Gasteiger partial charge < -0.3 is 54.5 Å². The number of ether oxygens (including phenoxy) is 3. The zero-order valence-electron chi connectivity index (χ0n) is 36.7. The van der Waals surface area contributed by atoms with Crippen LogP contribution in [0.5, 0.6) is 0 Å². The topological polar surface area (TPSA) is 250 Å². The van der Waals surface area contributed by atoms with Gasteiger partial charge in [-0.3, -0.25) is 9.52 Å². The van der Waals surface area contributed by atoms with Crippen LogP contribution in [-0.4, -0.2) is 123 Å². The van der Waals surface area contributed by atoms with Crippen molar-refractivity contribution in [2.24, 2.45) is 29.1 Å². The van der Waals surface area contributed by atoms with Gasteiger partial charge in [0.1, 0.15) is 30.2 Å². The minimum absolute atomic E-state index is 0.00206. The molecule has 2 saturated heterocycles. The van der Waals surface area contributed by atoms with E-state index in [-0.39, 0.29) is 47.8 Å². The summed E-state index contributed by atoms with van der Waals surface area (Å²) in [6.07, 6.45) is -8.49. The molecule has 2 aliphatic rings. The molecule has 0 spiro atoms. The molecule has 0 bridgehead atoms. The molecule has 18 heteroatoms. The number of esters is 1. The summed E-state index contributed by atoms with van der Waals surface area (Å²) in [4.78, 5) is 28.9. The Hall–Kier alpha value is -3.36. The third-order valence-electron chi connectivity index (χ3n) is 12.7. The molecule has 1 aromatic heterocycles. The number of rotatable bonds is 9. The minimum Gasteiger partial charge on any atom is -0.459 e.